The van der Waals surface area contributed by atoms with Crippen LogP contribution in [-0.2, 0) is 0 Å². The van der Waals surface area contributed by atoms with Crippen LogP contribution in [0.1, 0.15) is 24.4 Å². The molecule has 0 aliphatic heterocycles. The Morgan fingerprint density at radius 3 is 2.94 bits per heavy atom. The van der Waals surface area contributed by atoms with E-state index >= 15 is 0 Å². The van der Waals surface area contributed by atoms with Crippen molar-refractivity contribution in [1.82, 2.24) is 15.3 Å². The van der Waals surface area contributed by atoms with Crippen LogP contribution in [0, 0.1) is 5.82 Å². The monoisotopic (exact) mass is 331 g/mol. The quantitative estimate of drug-likeness (QED) is 0.839. The smallest absolute Gasteiger partial charge is 0.148 e. The molecule has 6 heteroatoms. The van der Waals surface area contributed by atoms with Crippen molar-refractivity contribution in [3.8, 4) is 0 Å². The first-order valence-electron chi connectivity index (χ1n) is 5.51. The molecule has 0 fully saturated rings. The second-order valence-electron chi connectivity index (χ2n) is 3.73. The molecular weight excluding hydrogens is 321 g/mol. The highest BCUT2D eigenvalue weighted by molar-refractivity contribution is 9.10. The molecule has 1 heterocycles. The number of halogens is 3. The molecule has 2 aromatic rings. The fourth-order valence-corrected chi connectivity index (χ4v) is 2.24. The van der Waals surface area contributed by atoms with Gasteiger partial charge in [0.25, 0.3) is 0 Å². The lowest BCUT2D eigenvalue weighted by Gasteiger charge is -2.17. The molecule has 2 N–H and O–H groups in total. The van der Waals surface area contributed by atoms with Gasteiger partial charge in [0.1, 0.15) is 11.6 Å². The summed E-state index contributed by atoms with van der Waals surface area (Å²) in [4.78, 5) is 7.15. The number of nitrogens with one attached hydrogen (secondary N) is 2. The van der Waals surface area contributed by atoms with Crippen molar-refractivity contribution in [3.05, 3.63) is 51.2 Å². The average molecular weight is 333 g/mol. The van der Waals surface area contributed by atoms with Crippen molar-refractivity contribution in [2.45, 2.75) is 13.0 Å². The van der Waals surface area contributed by atoms with Crippen LogP contribution in [0.25, 0.3) is 0 Å². The van der Waals surface area contributed by atoms with Gasteiger partial charge in [-0.2, -0.15) is 0 Å². The van der Waals surface area contributed by atoms with Crippen LogP contribution in [-0.4, -0.2) is 16.5 Å². The normalized spacial score (nSPS) is 12.7. The van der Waals surface area contributed by atoms with Gasteiger partial charge >= 0.3 is 0 Å². The highest BCUT2D eigenvalue weighted by Gasteiger charge is 2.21. The van der Waals surface area contributed by atoms with Gasteiger partial charge < -0.3 is 10.3 Å². The molecule has 2 rings (SSSR count). The number of benzene rings is 1. The first kappa shape index (κ1) is 13.5. The van der Waals surface area contributed by atoms with E-state index in [1.165, 1.54) is 0 Å². The second-order valence-corrected chi connectivity index (χ2v) is 4.96. The van der Waals surface area contributed by atoms with E-state index in [0.29, 0.717) is 22.4 Å². The zero-order chi connectivity index (χ0) is 13.1. The summed E-state index contributed by atoms with van der Waals surface area (Å²) in [5, 5.41) is 3.27. The van der Waals surface area contributed by atoms with E-state index in [-0.39, 0.29) is 11.1 Å². The Hall–Kier alpha value is -0.910. The summed E-state index contributed by atoms with van der Waals surface area (Å²) in [7, 11) is 0. The van der Waals surface area contributed by atoms with Crippen LogP contribution in [0.3, 0.4) is 0 Å². The molecular formula is C12H12BrClFN3. The number of imidazole rings is 1. The van der Waals surface area contributed by atoms with Crippen molar-refractivity contribution in [2.24, 2.45) is 0 Å². The topological polar surface area (TPSA) is 40.7 Å². The molecule has 0 amide bonds. The first-order valence-corrected chi connectivity index (χ1v) is 6.68. The molecule has 0 spiro atoms. The summed E-state index contributed by atoms with van der Waals surface area (Å²) in [6, 6.07) is 3.09. The summed E-state index contributed by atoms with van der Waals surface area (Å²) >= 11 is 9.11. The van der Waals surface area contributed by atoms with Gasteiger partial charge in [0.05, 0.1) is 11.1 Å². The largest absolute Gasteiger partial charge is 0.347 e. The zero-order valence-corrected chi connectivity index (χ0v) is 12.0. The minimum Gasteiger partial charge on any atom is -0.347 e. The third-order valence-electron chi connectivity index (χ3n) is 2.58. The lowest BCUT2D eigenvalue weighted by Crippen LogP contribution is -2.24. The van der Waals surface area contributed by atoms with Gasteiger partial charge in [-0.25, -0.2) is 9.37 Å². The van der Waals surface area contributed by atoms with E-state index in [1.807, 2.05) is 6.92 Å². The van der Waals surface area contributed by atoms with E-state index in [9.17, 15) is 4.39 Å². The molecule has 3 nitrogen and oxygen atoms in total. The third kappa shape index (κ3) is 2.58. The number of hydrogen-bond donors (Lipinski definition) is 2. The molecule has 0 saturated carbocycles. The molecule has 1 aromatic carbocycles. The molecule has 0 aliphatic rings. The first-order chi connectivity index (χ1) is 8.65. The van der Waals surface area contributed by atoms with Crippen molar-refractivity contribution in [3.63, 3.8) is 0 Å². The standard InChI is InChI=1S/C12H12BrClFN3/c1-2-16-11(12-17-5-6-18-12)7-3-4-8(13)9(14)10(7)15/h3-6,11,16H,2H2,1H3,(H,17,18). The van der Waals surface area contributed by atoms with E-state index in [2.05, 4.69) is 31.2 Å². The van der Waals surface area contributed by atoms with E-state index in [1.54, 1.807) is 24.5 Å². The summed E-state index contributed by atoms with van der Waals surface area (Å²) in [5.74, 6) is 0.225. The number of hydrogen-bond acceptors (Lipinski definition) is 2. The minimum absolute atomic E-state index is 0.0851. The maximum Gasteiger partial charge on any atom is 0.148 e. The van der Waals surface area contributed by atoms with Gasteiger partial charge in [0.15, 0.2) is 0 Å². The molecule has 1 atom stereocenters. The molecule has 18 heavy (non-hydrogen) atoms. The zero-order valence-electron chi connectivity index (χ0n) is 9.67. The average Bonchev–Trinajstić information content (AvgIpc) is 2.88. The van der Waals surface area contributed by atoms with Crippen LogP contribution in [0.2, 0.25) is 5.02 Å². The van der Waals surface area contributed by atoms with Gasteiger partial charge in [0.2, 0.25) is 0 Å². The van der Waals surface area contributed by atoms with Gasteiger partial charge in [-0.15, -0.1) is 0 Å². The van der Waals surface area contributed by atoms with Gasteiger partial charge in [-0.3, -0.25) is 0 Å². The summed E-state index contributed by atoms with van der Waals surface area (Å²) in [6.45, 7) is 2.65. The predicted molar refractivity (Wildman–Crippen MR) is 73.2 cm³/mol. The Morgan fingerprint density at radius 2 is 2.33 bits per heavy atom. The maximum atomic E-state index is 14.2. The van der Waals surface area contributed by atoms with Crippen LogP contribution in [0.5, 0.6) is 0 Å². The molecule has 0 bridgehead atoms. The van der Waals surface area contributed by atoms with Crippen molar-refractivity contribution < 1.29 is 4.39 Å². The Kier molecular flexibility index (Phi) is 4.37. The lowest BCUT2D eigenvalue weighted by molar-refractivity contribution is 0.545. The van der Waals surface area contributed by atoms with Gasteiger partial charge in [-0.1, -0.05) is 24.6 Å². The summed E-state index contributed by atoms with van der Waals surface area (Å²) < 4.78 is 14.7. The molecule has 0 saturated heterocycles. The van der Waals surface area contributed by atoms with Crippen molar-refractivity contribution >= 4 is 27.5 Å². The summed E-state index contributed by atoms with van der Waals surface area (Å²) in [6.07, 6.45) is 3.34. The molecule has 1 aromatic heterocycles. The van der Waals surface area contributed by atoms with Gasteiger partial charge in [-0.05, 0) is 28.5 Å². The predicted octanol–water partition coefficient (Wildman–Crippen LogP) is 3.66. The molecule has 0 aliphatic carbocycles. The van der Waals surface area contributed by atoms with E-state index in [4.69, 9.17) is 11.6 Å². The fourth-order valence-electron chi connectivity index (χ4n) is 1.76. The number of nitrogens with zero attached hydrogens (tertiary/aromatic N) is 1. The fraction of sp³-hybridized carbons (Fsp3) is 0.250. The van der Waals surface area contributed by atoms with Crippen LogP contribution < -0.4 is 5.32 Å². The highest BCUT2D eigenvalue weighted by Crippen LogP contribution is 2.31. The Morgan fingerprint density at radius 1 is 1.56 bits per heavy atom. The van der Waals surface area contributed by atoms with Crippen LogP contribution >= 0.6 is 27.5 Å². The lowest BCUT2D eigenvalue weighted by atomic mass is 10.1. The Labute approximate surface area is 118 Å². The van der Waals surface area contributed by atoms with Crippen LogP contribution in [0.15, 0.2) is 29.0 Å². The van der Waals surface area contributed by atoms with Crippen LogP contribution in [0.4, 0.5) is 4.39 Å². The van der Waals surface area contributed by atoms with Crippen molar-refractivity contribution in [1.29, 1.82) is 0 Å². The number of aromatic nitrogens is 2. The number of H-pyrrole nitrogens is 1. The van der Waals surface area contributed by atoms with E-state index in [0.717, 1.165) is 0 Å². The highest BCUT2D eigenvalue weighted by atomic mass is 79.9. The van der Waals surface area contributed by atoms with Gasteiger partial charge in [0, 0.05) is 22.4 Å². The molecule has 1 unspecified atom stereocenters. The minimum atomic E-state index is -0.437. The SMILES string of the molecule is CCNC(c1ncc[nH]1)c1ccc(Br)c(Cl)c1F. The summed E-state index contributed by atoms with van der Waals surface area (Å²) in [5.41, 5.74) is 0.472. The number of aromatic amines is 1. The third-order valence-corrected chi connectivity index (χ3v) is 3.84. The van der Waals surface area contributed by atoms with Crippen molar-refractivity contribution in [2.75, 3.05) is 6.54 Å². The van der Waals surface area contributed by atoms with E-state index < -0.39 is 5.82 Å². The second kappa shape index (κ2) is 5.82. The Balaban J connectivity index is 2.47. The number of rotatable bonds is 4. The molecule has 0 radical (unpaired) electrons. The maximum absolute atomic E-state index is 14.2. The Bertz CT molecular complexity index is 530. The molecule has 96 valence electrons.